The number of nitrogens with zero attached hydrogens (tertiary/aromatic N) is 1. The van der Waals surface area contributed by atoms with Gasteiger partial charge in [-0.05, 0) is 6.07 Å². The summed E-state index contributed by atoms with van der Waals surface area (Å²) in [5, 5.41) is 9.14. The Morgan fingerprint density at radius 3 is 2.53 bits per heavy atom. The van der Waals surface area contributed by atoms with Crippen LogP contribution in [-0.4, -0.2) is 16.1 Å². The summed E-state index contributed by atoms with van der Waals surface area (Å²) in [4.78, 5) is 14.7. The topological polar surface area (TPSA) is 50.2 Å². The van der Waals surface area contributed by atoms with E-state index >= 15 is 0 Å². The Morgan fingerprint density at radius 1 is 1.35 bits per heavy atom. The maximum atomic E-state index is 12.3. The number of carboxylic acid groups (broad SMARTS) is 1. The molecule has 8 heteroatoms. The van der Waals surface area contributed by atoms with Crippen molar-refractivity contribution in [2.24, 2.45) is 0 Å². The highest BCUT2D eigenvalue weighted by atomic mass is 32.1. The van der Waals surface area contributed by atoms with E-state index in [1.807, 2.05) is 0 Å². The van der Waals surface area contributed by atoms with Crippen molar-refractivity contribution in [3.05, 3.63) is 28.2 Å². The minimum Gasteiger partial charge on any atom is -0.478 e. The summed E-state index contributed by atoms with van der Waals surface area (Å²) in [6, 6.07) is 1.33. The van der Waals surface area contributed by atoms with Crippen LogP contribution in [0.5, 0.6) is 0 Å². The van der Waals surface area contributed by atoms with Gasteiger partial charge in [-0.2, -0.15) is 13.2 Å². The number of halogens is 3. The number of carboxylic acids is 1. The molecule has 2 heterocycles. The van der Waals surface area contributed by atoms with Crippen LogP contribution in [0.4, 0.5) is 13.2 Å². The summed E-state index contributed by atoms with van der Waals surface area (Å²) in [6.07, 6.45) is -3.36. The van der Waals surface area contributed by atoms with Crippen molar-refractivity contribution in [3.63, 3.8) is 0 Å². The van der Waals surface area contributed by atoms with E-state index in [9.17, 15) is 18.0 Å². The molecule has 0 bridgehead atoms. The Labute approximate surface area is 101 Å². The Kier molecular flexibility index (Phi) is 2.92. The molecule has 0 saturated carbocycles. The number of alkyl halides is 3. The predicted molar refractivity (Wildman–Crippen MR) is 57.4 cm³/mol. The van der Waals surface area contributed by atoms with Crippen LogP contribution in [0.1, 0.15) is 15.4 Å². The molecule has 0 saturated heterocycles. The Bertz CT molecular complexity index is 559. The molecule has 2 aromatic rings. The average Bonchev–Trinajstić information content (AvgIpc) is 2.85. The number of aromatic carboxylic acids is 1. The smallest absolute Gasteiger partial charge is 0.443 e. The SMILES string of the molecule is O=C(O)c1csc(-c2cnc(C(F)(F)F)s2)c1. The van der Waals surface area contributed by atoms with E-state index in [2.05, 4.69) is 4.98 Å². The molecule has 0 aliphatic rings. The fourth-order valence-corrected chi connectivity index (χ4v) is 2.85. The molecule has 0 radical (unpaired) electrons. The van der Waals surface area contributed by atoms with E-state index in [0.717, 1.165) is 17.5 Å². The summed E-state index contributed by atoms with van der Waals surface area (Å²) >= 11 is 1.58. The van der Waals surface area contributed by atoms with Gasteiger partial charge in [-0.25, -0.2) is 9.78 Å². The maximum Gasteiger partial charge on any atom is 0.443 e. The van der Waals surface area contributed by atoms with Gasteiger partial charge >= 0.3 is 12.1 Å². The van der Waals surface area contributed by atoms with Crippen LogP contribution in [0, 0.1) is 0 Å². The molecule has 0 aromatic carbocycles. The highest BCUT2D eigenvalue weighted by Crippen LogP contribution is 2.38. The Balaban J connectivity index is 2.34. The first kappa shape index (κ1) is 12.1. The second-order valence-corrected chi connectivity index (χ2v) is 4.97. The lowest BCUT2D eigenvalue weighted by Crippen LogP contribution is -2.02. The number of carbonyl (C=O) groups is 1. The van der Waals surface area contributed by atoms with Crippen LogP contribution in [0.2, 0.25) is 0 Å². The number of hydrogen-bond acceptors (Lipinski definition) is 4. The summed E-state index contributed by atoms with van der Waals surface area (Å²) < 4.78 is 36.9. The van der Waals surface area contributed by atoms with Gasteiger partial charge < -0.3 is 5.11 Å². The van der Waals surface area contributed by atoms with E-state index < -0.39 is 17.2 Å². The third kappa shape index (κ3) is 2.47. The molecule has 2 aromatic heterocycles. The number of aromatic nitrogens is 1. The molecule has 0 amide bonds. The fraction of sp³-hybridized carbons (Fsp3) is 0.111. The molecular weight excluding hydrogens is 275 g/mol. The van der Waals surface area contributed by atoms with Gasteiger partial charge in [0.1, 0.15) is 0 Å². The minimum absolute atomic E-state index is 0.0620. The minimum atomic E-state index is -4.46. The first-order valence-corrected chi connectivity index (χ1v) is 5.93. The van der Waals surface area contributed by atoms with Crippen molar-refractivity contribution >= 4 is 28.6 Å². The number of thiazole rings is 1. The van der Waals surface area contributed by atoms with Crippen LogP contribution in [-0.2, 0) is 6.18 Å². The van der Waals surface area contributed by atoms with Crippen LogP contribution in [0.15, 0.2) is 17.6 Å². The number of hydrogen-bond donors (Lipinski definition) is 1. The standard InChI is InChI=1S/C9H4F3NO2S2/c10-9(11,12)8-13-2-6(17-8)5-1-4(3-16-5)7(14)15/h1-3H,(H,14,15). The molecule has 17 heavy (non-hydrogen) atoms. The summed E-state index contributed by atoms with van der Waals surface area (Å²) in [5.74, 6) is -1.10. The molecular formula is C9H4F3NO2S2. The zero-order valence-corrected chi connectivity index (χ0v) is 9.62. The second-order valence-electron chi connectivity index (χ2n) is 3.03. The van der Waals surface area contributed by atoms with E-state index in [-0.39, 0.29) is 5.56 Å². The van der Waals surface area contributed by atoms with E-state index in [1.165, 1.54) is 11.4 Å². The first-order chi connectivity index (χ1) is 7.88. The average molecular weight is 279 g/mol. The molecule has 0 atom stereocenters. The van der Waals surface area contributed by atoms with Gasteiger partial charge in [0.05, 0.1) is 10.4 Å². The molecule has 0 unspecified atom stereocenters. The molecule has 1 N–H and O–H groups in total. The summed E-state index contributed by atoms with van der Waals surface area (Å²) in [6.45, 7) is 0. The van der Waals surface area contributed by atoms with Gasteiger partial charge in [-0.3, -0.25) is 0 Å². The van der Waals surface area contributed by atoms with Crippen molar-refractivity contribution in [2.45, 2.75) is 6.18 Å². The normalized spacial score (nSPS) is 11.7. The van der Waals surface area contributed by atoms with Crippen molar-refractivity contribution in [2.75, 3.05) is 0 Å². The van der Waals surface area contributed by atoms with Crippen LogP contribution in [0.25, 0.3) is 9.75 Å². The lowest BCUT2D eigenvalue weighted by molar-refractivity contribution is -0.137. The van der Waals surface area contributed by atoms with Gasteiger partial charge in [0.2, 0.25) is 0 Å². The Hall–Kier alpha value is -1.41. The highest BCUT2D eigenvalue weighted by molar-refractivity contribution is 7.21. The number of rotatable bonds is 2. The van der Waals surface area contributed by atoms with Crippen molar-refractivity contribution in [1.82, 2.24) is 4.98 Å². The van der Waals surface area contributed by atoms with Crippen molar-refractivity contribution < 1.29 is 23.1 Å². The van der Waals surface area contributed by atoms with Gasteiger partial charge in [0, 0.05) is 16.5 Å². The van der Waals surface area contributed by atoms with Gasteiger partial charge in [0.15, 0.2) is 5.01 Å². The molecule has 0 spiro atoms. The van der Waals surface area contributed by atoms with E-state index in [0.29, 0.717) is 21.1 Å². The molecule has 0 aliphatic carbocycles. The largest absolute Gasteiger partial charge is 0.478 e. The first-order valence-electron chi connectivity index (χ1n) is 4.23. The molecule has 2 rings (SSSR count). The van der Waals surface area contributed by atoms with Gasteiger partial charge in [0.25, 0.3) is 0 Å². The third-order valence-electron chi connectivity index (χ3n) is 1.84. The Morgan fingerprint density at radius 2 is 2.06 bits per heavy atom. The molecule has 0 aliphatic heterocycles. The summed E-state index contributed by atoms with van der Waals surface area (Å²) in [7, 11) is 0. The van der Waals surface area contributed by atoms with Crippen LogP contribution >= 0.6 is 22.7 Å². The fourth-order valence-electron chi connectivity index (χ4n) is 1.10. The lowest BCUT2D eigenvalue weighted by Gasteiger charge is -1.98. The maximum absolute atomic E-state index is 12.3. The lowest BCUT2D eigenvalue weighted by atomic mass is 10.3. The monoisotopic (exact) mass is 279 g/mol. The quantitative estimate of drug-likeness (QED) is 0.914. The predicted octanol–water partition coefficient (Wildman–Crippen LogP) is 3.59. The molecule has 90 valence electrons. The van der Waals surface area contributed by atoms with Crippen molar-refractivity contribution in [1.29, 1.82) is 0 Å². The highest BCUT2D eigenvalue weighted by Gasteiger charge is 2.34. The van der Waals surface area contributed by atoms with Crippen molar-refractivity contribution in [3.8, 4) is 9.75 Å². The van der Waals surface area contributed by atoms with Gasteiger partial charge in [-0.15, -0.1) is 22.7 Å². The molecule has 3 nitrogen and oxygen atoms in total. The third-order valence-corrected chi connectivity index (χ3v) is 4.01. The second kappa shape index (κ2) is 4.11. The van der Waals surface area contributed by atoms with Crippen LogP contribution in [0.3, 0.4) is 0 Å². The summed E-state index contributed by atoms with van der Waals surface area (Å²) in [5.41, 5.74) is 0.0620. The van der Waals surface area contributed by atoms with E-state index in [4.69, 9.17) is 5.11 Å². The number of thiophene rings is 1. The zero-order valence-electron chi connectivity index (χ0n) is 7.99. The zero-order chi connectivity index (χ0) is 12.6. The molecule has 0 fully saturated rings. The van der Waals surface area contributed by atoms with E-state index in [1.54, 1.807) is 0 Å². The van der Waals surface area contributed by atoms with Crippen LogP contribution < -0.4 is 0 Å². The van der Waals surface area contributed by atoms with Gasteiger partial charge in [-0.1, -0.05) is 0 Å².